The first-order valence-corrected chi connectivity index (χ1v) is 10.7. The number of amides is 2. The number of oxazole rings is 1. The molecule has 182 valence electrons. The molecule has 2 amide bonds. The number of fused-ring (bicyclic) bond motifs is 2. The van der Waals surface area contributed by atoms with Gasteiger partial charge >= 0.3 is 5.76 Å². The molecule has 0 saturated carbocycles. The lowest BCUT2D eigenvalue weighted by molar-refractivity contribution is 0.0942. The van der Waals surface area contributed by atoms with Crippen molar-refractivity contribution in [2.45, 2.75) is 13.1 Å². The summed E-state index contributed by atoms with van der Waals surface area (Å²) in [7, 11) is 1.57. The fourth-order valence-electron chi connectivity index (χ4n) is 3.69. The molecular weight excluding hydrogens is 474 g/mol. The molecule has 10 nitrogen and oxygen atoms in total. The summed E-state index contributed by atoms with van der Waals surface area (Å²) in [6, 6.07) is 11.9. The Kier molecular flexibility index (Phi) is 5.76. The Morgan fingerprint density at radius 3 is 2.53 bits per heavy atom. The summed E-state index contributed by atoms with van der Waals surface area (Å²) >= 11 is 0. The zero-order valence-corrected chi connectivity index (χ0v) is 18.8. The Labute approximate surface area is 201 Å². The van der Waals surface area contributed by atoms with Crippen LogP contribution in [0.25, 0.3) is 16.7 Å². The van der Waals surface area contributed by atoms with Crippen molar-refractivity contribution >= 4 is 28.6 Å². The third-order valence-electron chi connectivity index (χ3n) is 5.55. The van der Waals surface area contributed by atoms with E-state index >= 15 is 0 Å². The second kappa shape index (κ2) is 9.06. The predicted molar refractivity (Wildman–Crippen MR) is 123 cm³/mol. The molecular formula is C24H18F2N6O4. The maximum atomic E-state index is 14.3. The number of hydrogen-bond donors (Lipinski definition) is 2. The Morgan fingerprint density at radius 2 is 1.75 bits per heavy atom. The number of carbonyl (C=O) groups is 2. The molecule has 0 fully saturated rings. The number of halogens is 2. The van der Waals surface area contributed by atoms with E-state index in [1.54, 1.807) is 31.3 Å². The summed E-state index contributed by atoms with van der Waals surface area (Å²) in [5.41, 5.74) is 1.55. The van der Waals surface area contributed by atoms with Crippen LogP contribution in [0.5, 0.6) is 0 Å². The van der Waals surface area contributed by atoms with Crippen molar-refractivity contribution < 1.29 is 22.8 Å². The highest BCUT2D eigenvalue weighted by atomic mass is 19.1. The summed E-state index contributed by atoms with van der Waals surface area (Å²) in [5.74, 6) is -3.08. The van der Waals surface area contributed by atoms with Crippen molar-refractivity contribution in [3.8, 4) is 0 Å². The monoisotopic (exact) mass is 492 g/mol. The number of nitrogens with one attached hydrogen (secondary N) is 2. The van der Waals surface area contributed by atoms with Crippen LogP contribution in [0.15, 0.2) is 63.9 Å². The molecule has 0 bridgehead atoms. The average Bonchev–Trinajstić information content (AvgIpc) is 3.39. The van der Waals surface area contributed by atoms with Crippen LogP contribution in [0.4, 0.5) is 8.78 Å². The second-order valence-corrected chi connectivity index (χ2v) is 7.98. The van der Waals surface area contributed by atoms with Crippen LogP contribution in [0, 0.1) is 11.6 Å². The molecule has 3 heterocycles. The number of aromatic nitrogens is 4. The summed E-state index contributed by atoms with van der Waals surface area (Å²) in [6.07, 6.45) is 0.887. The molecule has 0 atom stereocenters. The number of carbonyl (C=O) groups excluding carboxylic acids is 2. The van der Waals surface area contributed by atoms with Crippen molar-refractivity contribution in [2.75, 3.05) is 0 Å². The molecule has 0 unspecified atom stereocenters. The van der Waals surface area contributed by atoms with E-state index in [1.807, 2.05) is 0 Å². The first-order valence-electron chi connectivity index (χ1n) is 10.7. The van der Waals surface area contributed by atoms with Gasteiger partial charge in [0.1, 0.15) is 17.2 Å². The number of rotatable bonds is 6. The maximum Gasteiger partial charge on any atom is 0.419 e. The van der Waals surface area contributed by atoms with E-state index < -0.39 is 29.2 Å². The lowest BCUT2D eigenvalue weighted by Gasteiger charge is -2.10. The zero-order valence-electron chi connectivity index (χ0n) is 18.8. The van der Waals surface area contributed by atoms with E-state index in [2.05, 4.69) is 20.7 Å². The molecule has 12 heteroatoms. The van der Waals surface area contributed by atoms with Crippen LogP contribution in [-0.2, 0) is 20.1 Å². The molecule has 0 aliphatic heterocycles. The van der Waals surface area contributed by atoms with Crippen LogP contribution in [-0.4, -0.2) is 31.0 Å². The minimum absolute atomic E-state index is 0.00464. The number of nitrogens with zero attached hydrogens (tertiary/aromatic N) is 4. The Hall–Kier alpha value is -4.87. The summed E-state index contributed by atoms with van der Waals surface area (Å²) in [4.78, 5) is 41.4. The third-order valence-corrected chi connectivity index (χ3v) is 5.55. The predicted octanol–water partition coefficient (Wildman–Crippen LogP) is 2.31. The SMILES string of the molecule is Cn1c(=O)oc2ccc(CNC(=O)c3cc(C(=O)NCc4cccc(F)c4)n4ncc(F)c4n3)cc21. The number of aryl methyl sites for hydroxylation is 1. The van der Waals surface area contributed by atoms with Crippen LogP contribution < -0.4 is 16.4 Å². The minimum atomic E-state index is -0.810. The van der Waals surface area contributed by atoms with Gasteiger partial charge < -0.3 is 15.1 Å². The van der Waals surface area contributed by atoms with Crippen molar-refractivity contribution in [1.82, 2.24) is 29.8 Å². The lowest BCUT2D eigenvalue weighted by atomic mass is 10.2. The van der Waals surface area contributed by atoms with Gasteiger partial charge in [-0.3, -0.25) is 14.2 Å². The Balaban J connectivity index is 1.37. The van der Waals surface area contributed by atoms with E-state index in [1.165, 1.54) is 28.8 Å². The van der Waals surface area contributed by atoms with E-state index in [9.17, 15) is 23.2 Å². The molecule has 3 aromatic heterocycles. The van der Waals surface area contributed by atoms with Crippen LogP contribution in [0.3, 0.4) is 0 Å². The molecule has 0 aliphatic carbocycles. The zero-order chi connectivity index (χ0) is 25.4. The molecule has 0 spiro atoms. The highest BCUT2D eigenvalue weighted by Crippen LogP contribution is 2.15. The highest BCUT2D eigenvalue weighted by molar-refractivity contribution is 5.98. The maximum absolute atomic E-state index is 14.3. The lowest BCUT2D eigenvalue weighted by Crippen LogP contribution is -2.28. The Bertz CT molecular complexity index is 1700. The molecule has 36 heavy (non-hydrogen) atoms. The van der Waals surface area contributed by atoms with Gasteiger partial charge in [0.25, 0.3) is 11.8 Å². The van der Waals surface area contributed by atoms with Crippen molar-refractivity contribution in [3.63, 3.8) is 0 Å². The minimum Gasteiger partial charge on any atom is -0.408 e. The topological polar surface area (TPSA) is 124 Å². The smallest absolute Gasteiger partial charge is 0.408 e. The van der Waals surface area contributed by atoms with Gasteiger partial charge in [0.2, 0.25) is 0 Å². The van der Waals surface area contributed by atoms with E-state index in [4.69, 9.17) is 4.42 Å². The standard InChI is InChI=1S/C24H18F2N6O4/c1-31-18-8-14(5-6-20(18)36-24(31)35)11-27-22(33)17-9-19(32-21(30-17)16(26)12-29-32)23(34)28-10-13-3-2-4-15(25)7-13/h2-9,12H,10-11H2,1H3,(H,27,33)(H,28,34). The van der Waals surface area contributed by atoms with Gasteiger partial charge in [-0.15, -0.1) is 0 Å². The summed E-state index contributed by atoms with van der Waals surface area (Å²) in [6.45, 7) is 0.0779. The third kappa shape index (κ3) is 4.31. The van der Waals surface area contributed by atoms with Crippen molar-refractivity contribution in [3.05, 3.63) is 99.4 Å². The van der Waals surface area contributed by atoms with E-state index in [-0.39, 0.29) is 30.1 Å². The number of benzene rings is 2. The van der Waals surface area contributed by atoms with Crippen molar-refractivity contribution in [1.29, 1.82) is 0 Å². The van der Waals surface area contributed by atoms with Gasteiger partial charge in [0, 0.05) is 26.2 Å². The number of hydrogen-bond acceptors (Lipinski definition) is 6. The Morgan fingerprint density at radius 1 is 1.00 bits per heavy atom. The normalized spacial score (nSPS) is 11.2. The summed E-state index contributed by atoms with van der Waals surface area (Å²) < 4.78 is 35.1. The van der Waals surface area contributed by atoms with Crippen molar-refractivity contribution in [2.24, 2.45) is 7.05 Å². The van der Waals surface area contributed by atoms with Crippen LogP contribution >= 0.6 is 0 Å². The fraction of sp³-hybridized carbons (Fsp3) is 0.125. The van der Waals surface area contributed by atoms with Crippen LogP contribution in [0.1, 0.15) is 32.1 Å². The average molecular weight is 492 g/mol. The first kappa shape index (κ1) is 22.9. The van der Waals surface area contributed by atoms with E-state index in [0.717, 1.165) is 10.7 Å². The second-order valence-electron chi connectivity index (χ2n) is 7.98. The molecule has 2 aromatic carbocycles. The molecule has 5 aromatic rings. The van der Waals surface area contributed by atoms with Gasteiger partial charge in [0.15, 0.2) is 17.0 Å². The molecule has 0 radical (unpaired) electrons. The quantitative estimate of drug-likeness (QED) is 0.375. The fourth-order valence-corrected chi connectivity index (χ4v) is 3.69. The van der Waals surface area contributed by atoms with Crippen LogP contribution in [0.2, 0.25) is 0 Å². The molecule has 5 rings (SSSR count). The molecule has 2 N–H and O–H groups in total. The highest BCUT2D eigenvalue weighted by Gasteiger charge is 2.20. The summed E-state index contributed by atoms with van der Waals surface area (Å²) in [5, 5.41) is 9.11. The first-order chi connectivity index (χ1) is 17.3. The van der Waals surface area contributed by atoms with Gasteiger partial charge in [-0.25, -0.2) is 23.1 Å². The van der Waals surface area contributed by atoms with Gasteiger partial charge in [-0.05, 0) is 35.4 Å². The largest absolute Gasteiger partial charge is 0.419 e. The molecule has 0 aliphatic rings. The van der Waals surface area contributed by atoms with E-state index in [0.29, 0.717) is 22.2 Å². The van der Waals surface area contributed by atoms with Gasteiger partial charge in [-0.2, -0.15) is 5.10 Å². The molecule has 0 saturated heterocycles. The van der Waals surface area contributed by atoms with Gasteiger partial charge in [-0.1, -0.05) is 18.2 Å². The van der Waals surface area contributed by atoms with Gasteiger partial charge in [0.05, 0.1) is 11.7 Å².